The largest absolute Gasteiger partial charge is 0.444 e. The standard InChI is InChI=1S/C15H25ClN2O5/c1-14(2,3)23-13(20)18-5-7-22-15(10-18)9-17(12(19)8-16)4-6-21-11-15/h4-11H2,1-3H3. The number of hydrogen-bond acceptors (Lipinski definition) is 5. The Morgan fingerprint density at radius 1 is 1.17 bits per heavy atom. The number of carbonyl (C=O) groups excluding carboxylic acids is 2. The van der Waals surface area contributed by atoms with Gasteiger partial charge in [0, 0.05) is 13.1 Å². The Bertz CT molecular complexity index is 454. The summed E-state index contributed by atoms with van der Waals surface area (Å²) in [7, 11) is 0. The molecule has 2 saturated heterocycles. The summed E-state index contributed by atoms with van der Waals surface area (Å²) < 4.78 is 16.9. The SMILES string of the molecule is CC(C)(C)OC(=O)N1CCOC2(COCCN(C(=O)CCl)C2)C1. The van der Waals surface area contributed by atoms with Crippen molar-refractivity contribution in [1.82, 2.24) is 9.80 Å². The summed E-state index contributed by atoms with van der Waals surface area (Å²) in [6.07, 6.45) is -0.375. The molecule has 2 rings (SSSR count). The lowest BCUT2D eigenvalue weighted by atomic mass is 10.0. The lowest BCUT2D eigenvalue weighted by Crippen LogP contribution is -2.60. The molecule has 2 aliphatic rings. The molecule has 0 radical (unpaired) electrons. The van der Waals surface area contributed by atoms with Gasteiger partial charge in [0.15, 0.2) is 0 Å². The third-order valence-corrected chi connectivity index (χ3v) is 3.95. The summed E-state index contributed by atoms with van der Waals surface area (Å²) in [4.78, 5) is 27.5. The van der Waals surface area contributed by atoms with Gasteiger partial charge < -0.3 is 24.0 Å². The van der Waals surface area contributed by atoms with Gasteiger partial charge >= 0.3 is 6.09 Å². The minimum atomic E-state index is -0.729. The van der Waals surface area contributed by atoms with Crippen molar-refractivity contribution in [3.63, 3.8) is 0 Å². The average molecular weight is 349 g/mol. The fourth-order valence-electron chi connectivity index (χ4n) is 2.71. The summed E-state index contributed by atoms with van der Waals surface area (Å²) in [6, 6.07) is 0. The minimum absolute atomic E-state index is 0.0775. The van der Waals surface area contributed by atoms with E-state index in [1.807, 2.05) is 20.8 Å². The molecule has 0 aromatic carbocycles. The Kier molecular flexibility index (Phi) is 5.75. The number of nitrogens with zero attached hydrogens (tertiary/aromatic N) is 2. The number of morpholine rings is 1. The van der Waals surface area contributed by atoms with Crippen molar-refractivity contribution in [1.29, 1.82) is 0 Å². The normalized spacial score (nSPS) is 26.1. The second kappa shape index (κ2) is 7.23. The summed E-state index contributed by atoms with van der Waals surface area (Å²) in [6.45, 7) is 8.25. The molecule has 2 heterocycles. The smallest absolute Gasteiger partial charge is 0.410 e. The molecule has 1 atom stereocenters. The third kappa shape index (κ3) is 4.96. The van der Waals surface area contributed by atoms with Gasteiger partial charge in [-0.3, -0.25) is 4.79 Å². The topological polar surface area (TPSA) is 68.3 Å². The van der Waals surface area contributed by atoms with Crippen molar-refractivity contribution >= 4 is 23.6 Å². The highest BCUT2D eigenvalue weighted by atomic mass is 35.5. The molecule has 2 amide bonds. The maximum absolute atomic E-state index is 12.3. The second-order valence-corrected chi connectivity index (χ2v) is 7.20. The second-order valence-electron chi connectivity index (χ2n) is 6.93. The van der Waals surface area contributed by atoms with E-state index in [0.29, 0.717) is 46.0 Å². The maximum atomic E-state index is 12.3. The number of alkyl halides is 1. The van der Waals surface area contributed by atoms with Crippen LogP contribution in [0, 0.1) is 0 Å². The van der Waals surface area contributed by atoms with Gasteiger partial charge in [0.2, 0.25) is 5.91 Å². The van der Waals surface area contributed by atoms with E-state index in [-0.39, 0.29) is 17.9 Å². The van der Waals surface area contributed by atoms with Crippen LogP contribution in [-0.2, 0) is 19.0 Å². The predicted molar refractivity (Wildman–Crippen MR) is 84.6 cm³/mol. The predicted octanol–water partition coefficient (Wildman–Crippen LogP) is 1.09. The van der Waals surface area contributed by atoms with Gasteiger partial charge in [-0.25, -0.2) is 4.79 Å². The molecule has 132 valence electrons. The molecule has 0 aromatic rings. The molecular formula is C15H25ClN2O5. The molecule has 0 N–H and O–H groups in total. The van der Waals surface area contributed by atoms with Crippen molar-refractivity contribution < 1.29 is 23.8 Å². The van der Waals surface area contributed by atoms with E-state index in [1.165, 1.54) is 0 Å². The molecule has 0 bridgehead atoms. The Labute approximate surface area is 141 Å². The molecule has 2 aliphatic heterocycles. The molecule has 0 aliphatic carbocycles. The van der Waals surface area contributed by atoms with Crippen LogP contribution in [0.4, 0.5) is 4.79 Å². The van der Waals surface area contributed by atoms with Crippen LogP contribution >= 0.6 is 11.6 Å². The van der Waals surface area contributed by atoms with Crippen LogP contribution in [-0.4, -0.2) is 84.9 Å². The zero-order valence-electron chi connectivity index (χ0n) is 14.0. The molecule has 8 heteroatoms. The molecule has 7 nitrogen and oxygen atoms in total. The van der Waals surface area contributed by atoms with Crippen LogP contribution in [0.2, 0.25) is 0 Å². The van der Waals surface area contributed by atoms with E-state index in [9.17, 15) is 9.59 Å². The van der Waals surface area contributed by atoms with Crippen LogP contribution in [0.1, 0.15) is 20.8 Å². The van der Waals surface area contributed by atoms with Crippen LogP contribution in [0.3, 0.4) is 0 Å². The number of amides is 2. The number of rotatable bonds is 1. The quantitative estimate of drug-likeness (QED) is 0.663. The van der Waals surface area contributed by atoms with Crippen molar-refractivity contribution in [2.45, 2.75) is 32.0 Å². The van der Waals surface area contributed by atoms with E-state index in [4.69, 9.17) is 25.8 Å². The van der Waals surface area contributed by atoms with Crippen LogP contribution in [0.5, 0.6) is 0 Å². The van der Waals surface area contributed by atoms with Crippen molar-refractivity contribution in [3.8, 4) is 0 Å². The summed E-state index contributed by atoms with van der Waals surface area (Å²) in [5.41, 5.74) is -1.28. The van der Waals surface area contributed by atoms with E-state index < -0.39 is 11.2 Å². The van der Waals surface area contributed by atoms with Crippen molar-refractivity contribution in [2.75, 3.05) is 51.9 Å². The number of halogens is 1. The van der Waals surface area contributed by atoms with Crippen molar-refractivity contribution in [2.24, 2.45) is 0 Å². The Hall–Kier alpha value is -1.05. The van der Waals surface area contributed by atoms with E-state index in [2.05, 4.69) is 0 Å². The monoisotopic (exact) mass is 348 g/mol. The first-order chi connectivity index (χ1) is 10.7. The van der Waals surface area contributed by atoms with Gasteiger partial charge in [0.05, 0.1) is 32.9 Å². The zero-order valence-corrected chi connectivity index (χ0v) is 14.7. The summed E-state index contributed by atoms with van der Waals surface area (Å²) in [5.74, 6) is -0.235. The molecule has 1 spiro atoms. The molecule has 0 aromatic heterocycles. The van der Waals surface area contributed by atoms with Crippen molar-refractivity contribution in [3.05, 3.63) is 0 Å². The number of hydrogen-bond donors (Lipinski definition) is 0. The summed E-state index contributed by atoms with van der Waals surface area (Å²) in [5, 5.41) is 0. The van der Waals surface area contributed by atoms with Gasteiger partial charge in [-0.05, 0) is 20.8 Å². The van der Waals surface area contributed by atoms with Gasteiger partial charge in [-0.2, -0.15) is 0 Å². The van der Waals surface area contributed by atoms with Gasteiger partial charge in [-0.15, -0.1) is 11.6 Å². The average Bonchev–Trinajstić information content (AvgIpc) is 2.67. The highest BCUT2D eigenvalue weighted by Crippen LogP contribution is 2.24. The zero-order chi connectivity index (χ0) is 17.1. The van der Waals surface area contributed by atoms with Crippen LogP contribution in [0.15, 0.2) is 0 Å². The first kappa shape index (κ1) is 18.3. The van der Waals surface area contributed by atoms with E-state index in [0.717, 1.165) is 0 Å². The maximum Gasteiger partial charge on any atom is 0.410 e. The Balaban J connectivity index is 2.07. The highest BCUT2D eigenvalue weighted by molar-refractivity contribution is 6.27. The number of carbonyl (C=O) groups is 2. The highest BCUT2D eigenvalue weighted by Gasteiger charge is 2.43. The Morgan fingerprint density at radius 3 is 2.48 bits per heavy atom. The van der Waals surface area contributed by atoms with E-state index >= 15 is 0 Å². The fraction of sp³-hybridized carbons (Fsp3) is 0.867. The van der Waals surface area contributed by atoms with E-state index in [1.54, 1.807) is 9.80 Å². The van der Waals surface area contributed by atoms with Crippen LogP contribution in [0.25, 0.3) is 0 Å². The lowest BCUT2D eigenvalue weighted by molar-refractivity contribution is -0.148. The van der Waals surface area contributed by atoms with Crippen LogP contribution < -0.4 is 0 Å². The third-order valence-electron chi connectivity index (χ3n) is 3.72. The molecule has 0 saturated carbocycles. The fourth-order valence-corrected chi connectivity index (χ4v) is 2.88. The first-order valence-electron chi connectivity index (χ1n) is 7.78. The molecular weight excluding hydrogens is 324 g/mol. The van der Waals surface area contributed by atoms with Gasteiger partial charge in [0.25, 0.3) is 0 Å². The van der Waals surface area contributed by atoms with Gasteiger partial charge in [0.1, 0.15) is 17.1 Å². The molecule has 1 unspecified atom stereocenters. The molecule has 2 fully saturated rings. The molecule has 23 heavy (non-hydrogen) atoms. The summed E-state index contributed by atoms with van der Waals surface area (Å²) >= 11 is 5.66. The lowest BCUT2D eigenvalue weighted by Gasteiger charge is -2.43. The Morgan fingerprint density at radius 2 is 1.83 bits per heavy atom. The number of ether oxygens (including phenoxy) is 3. The van der Waals surface area contributed by atoms with Gasteiger partial charge in [-0.1, -0.05) is 0 Å². The minimum Gasteiger partial charge on any atom is -0.444 e. The first-order valence-corrected chi connectivity index (χ1v) is 8.31.